The van der Waals surface area contributed by atoms with Gasteiger partial charge < -0.3 is 0 Å². The van der Waals surface area contributed by atoms with Crippen LogP contribution in [0.3, 0.4) is 0 Å². The van der Waals surface area contributed by atoms with Gasteiger partial charge in [0.25, 0.3) is 0 Å². The predicted octanol–water partition coefficient (Wildman–Crippen LogP) is 2.62. The molecule has 0 N–H and O–H groups in total. The third-order valence-corrected chi connectivity index (χ3v) is 5.87. The van der Waals surface area contributed by atoms with Crippen molar-refractivity contribution in [1.29, 1.82) is 0 Å². The summed E-state index contributed by atoms with van der Waals surface area (Å²) in [4.78, 5) is 0. The SMILES string of the molecule is CC(C)CCS(=O)(=O)CC1(CBr)CC1. The van der Waals surface area contributed by atoms with Crippen LogP contribution in [0, 0.1) is 11.3 Å². The van der Waals surface area contributed by atoms with Gasteiger partial charge in [0.15, 0.2) is 9.84 Å². The van der Waals surface area contributed by atoms with Crippen molar-refractivity contribution in [3.8, 4) is 0 Å². The molecule has 1 saturated carbocycles. The fraction of sp³-hybridized carbons (Fsp3) is 1.00. The van der Waals surface area contributed by atoms with E-state index in [1.165, 1.54) is 0 Å². The molecule has 1 aliphatic carbocycles. The van der Waals surface area contributed by atoms with Crippen molar-refractivity contribution in [2.24, 2.45) is 11.3 Å². The minimum atomic E-state index is -2.81. The van der Waals surface area contributed by atoms with Gasteiger partial charge in [-0.05, 0) is 30.6 Å². The largest absolute Gasteiger partial charge is 0.229 e. The van der Waals surface area contributed by atoms with Gasteiger partial charge >= 0.3 is 0 Å². The first-order valence-electron chi connectivity index (χ1n) is 5.16. The van der Waals surface area contributed by atoms with Crippen molar-refractivity contribution in [3.05, 3.63) is 0 Å². The van der Waals surface area contributed by atoms with Gasteiger partial charge in [-0.3, -0.25) is 0 Å². The maximum Gasteiger partial charge on any atom is 0.150 e. The Morgan fingerprint density at radius 3 is 2.29 bits per heavy atom. The van der Waals surface area contributed by atoms with E-state index >= 15 is 0 Å². The van der Waals surface area contributed by atoms with Crippen molar-refractivity contribution in [2.45, 2.75) is 33.1 Å². The summed E-state index contributed by atoms with van der Waals surface area (Å²) in [5.41, 5.74) is 0.0931. The fourth-order valence-corrected chi connectivity index (χ4v) is 4.77. The Hall–Kier alpha value is 0.430. The average molecular weight is 283 g/mol. The summed E-state index contributed by atoms with van der Waals surface area (Å²) in [6.07, 6.45) is 2.93. The lowest BCUT2D eigenvalue weighted by Crippen LogP contribution is -2.21. The van der Waals surface area contributed by atoms with Crippen LogP contribution in [-0.4, -0.2) is 25.3 Å². The fourth-order valence-electron chi connectivity index (χ4n) is 1.45. The van der Waals surface area contributed by atoms with Crippen LogP contribution in [-0.2, 0) is 9.84 Å². The zero-order chi connectivity index (χ0) is 10.8. The van der Waals surface area contributed by atoms with Crippen LogP contribution in [0.5, 0.6) is 0 Å². The summed E-state index contributed by atoms with van der Waals surface area (Å²) in [7, 11) is -2.81. The van der Waals surface area contributed by atoms with E-state index in [4.69, 9.17) is 0 Å². The average Bonchev–Trinajstić information content (AvgIpc) is 2.82. The number of sulfone groups is 1. The lowest BCUT2D eigenvalue weighted by atomic mass is 10.2. The quantitative estimate of drug-likeness (QED) is 0.702. The minimum Gasteiger partial charge on any atom is -0.229 e. The van der Waals surface area contributed by atoms with Crippen LogP contribution in [0.2, 0.25) is 0 Å². The first-order chi connectivity index (χ1) is 6.39. The van der Waals surface area contributed by atoms with E-state index < -0.39 is 9.84 Å². The van der Waals surface area contributed by atoms with Crippen molar-refractivity contribution < 1.29 is 8.42 Å². The lowest BCUT2D eigenvalue weighted by Gasteiger charge is -2.12. The highest BCUT2D eigenvalue weighted by Gasteiger charge is 2.44. The third-order valence-electron chi connectivity index (χ3n) is 2.77. The molecule has 0 spiro atoms. The molecule has 1 fully saturated rings. The van der Waals surface area contributed by atoms with Gasteiger partial charge in [0.2, 0.25) is 0 Å². The molecule has 2 nitrogen and oxygen atoms in total. The van der Waals surface area contributed by atoms with Crippen LogP contribution in [0.15, 0.2) is 0 Å². The van der Waals surface area contributed by atoms with E-state index in [2.05, 4.69) is 29.8 Å². The first kappa shape index (κ1) is 12.5. The van der Waals surface area contributed by atoms with Crippen molar-refractivity contribution in [2.75, 3.05) is 16.8 Å². The van der Waals surface area contributed by atoms with Crippen molar-refractivity contribution in [1.82, 2.24) is 0 Å². The Labute approximate surface area is 95.5 Å². The molecule has 0 aliphatic heterocycles. The normalized spacial score (nSPS) is 20.0. The first-order valence-corrected chi connectivity index (χ1v) is 8.10. The molecule has 4 heteroatoms. The van der Waals surface area contributed by atoms with Gasteiger partial charge in [0.1, 0.15) is 0 Å². The number of hydrogen-bond donors (Lipinski definition) is 0. The van der Waals surface area contributed by atoms with Gasteiger partial charge in [-0.25, -0.2) is 8.42 Å². The summed E-state index contributed by atoms with van der Waals surface area (Å²) >= 11 is 3.40. The highest BCUT2D eigenvalue weighted by atomic mass is 79.9. The second-order valence-corrected chi connectivity index (χ2v) is 7.65. The Balaban J connectivity index is 2.42. The highest BCUT2D eigenvalue weighted by Crippen LogP contribution is 2.48. The molecule has 0 atom stereocenters. The summed E-state index contributed by atoms with van der Waals surface area (Å²) in [6, 6.07) is 0. The molecule has 14 heavy (non-hydrogen) atoms. The molecule has 0 heterocycles. The Morgan fingerprint density at radius 1 is 1.36 bits per heavy atom. The minimum absolute atomic E-state index is 0.0931. The number of hydrogen-bond acceptors (Lipinski definition) is 2. The zero-order valence-electron chi connectivity index (χ0n) is 8.92. The number of halogens is 1. The van der Waals surface area contributed by atoms with Gasteiger partial charge in [0, 0.05) is 5.33 Å². The molecular formula is C10H19BrO2S. The summed E-state index contributed by atoms with van der Waals surface area (Å²) in [5.74, 6) is 1.22. The molecular weight excluding hydrogens is 264 g/mol. The van der Waals surface area contributed by atoms with E-state index in [1.807, 2.05) is 0 Å². The summed E-state index contributed by atoms with van der Waals surface area (Å²) in [5, 5.41) is 0.834. The Bertz CT molecular complexity index is 278. The predicted molar refractivity (Wildman–Crippen MR) is 63.6 cm³/mol. The maximum atomic E-state index is 11.7. The topological polar surface area (TPSA) is 34.1 Å². The van der Waals surface area contributed by atoms with E-state index in [1.54, 1.807) is 0 Å². The van der Waals surface area contributed by atoms with Gasteiger partial charge in [0.05, 0.1) is 11.5 Å². The molecule has 0 radical (unpaired) electrons. The molecule has 0 amide bonds. The van der Waals surface area contributed by atoms with Crippen LogP contribution in [0.25, 0.3) is 0 Å². The molecule has 0 aromatic heterocycles. The monoisotopic (exact) mass is 282 g/mol. The van der Waals surface area contributed by atoms with E-state index in [-0.39, 0.29) is 5.41 Å². The van der Waals surface area contributed by atoms with Crippen LogP contribution >= 0.6 is 15.9 Å². The van der Waals surface area contributed by atoms with Crippen LogP contribution in [0.4, 0.5) is 0 Å². The zero-order valence-corrected chi connectivity index (χ0v) is 11.3. The molecule has 0 aromatic carbocycles. The number of rotatable bonds is 6. The molecule has 1 aliphatic rings. The van der Waals surface area contributed by atoms with E-state index in [0.717, 1.165) is 24.6 Å². The molecule has 84 valence electrons. The van der Waals surface area contributed by atoms with Crippen LogP contribution < -0.4 is 0 Å². The Morgan fingerprint density at radius 2 is 1.93 bits per heavy atom. The van der Waals surface area contributed by atoms with Crippen molar-refractivity contribution in [3.63, 3.8) is 0 Å². The maximum absolute atomic E-state index is 11.7. The number of alkyl halides is 1. The van der Waals surface area contributed by atoms with Crippen LogP contribution in [0.1, 0.15) is 33.1 Å². The highest BCUT2D eigenvalue weighted by molar-refractivity contribution is 9.09. The Kier molecular flexibility index (Phi) is 4.03. The molecule has 0 bridgehead atoms. The smallest absolute Gasteiger partial charge is 0.150 e. The van der Waals surface area contributed by atoms with Crippen molar-refractivity contribution >= 4 is 25.8 Å². The summed E-state index contributed by atoms with van der Waals surface area (Å²) < 4.78 is 23.5. The lowest BCUT2D eigenvalue weighted by molar-refractivity contribution is 0.555. The summed E-state index contributed by atoms with van der Waals surface area (Å²) in [6.45, 7) is 4.12. The molecule has 1 rings (SSSR count). The molecule has 0 unspecified atom stereocenters. The van der Waals surface area contributed by atoms with E-state index in [0.29, 0.717) is 17.4 Å². The third kappa shape index (κ3) is 3.89. The second kappa shape index (κ2) is 4.52. The van der Waals surface area contributed by atoms with E-state index in [9.17, 15) is 8.42 Å². The molecule has 0 saturated heterocycles. The standard InChI is InChI=1S/C10H19BrO2S/c1-9(2)3-6-14(12,13)8-10(7-11)4-5-10/h9H,3-8H2,1-2H3. The van der Waals surface area contributed by atoms with Gasteiger partial charge in [-0.2, -0.15) is 0 Å². The molecule has 0 aromatic rings. The second-order valence-electron chi connectivity index (χ2n) is 4.91. The van der Waals surface area contributed by atoms with Gasteiger partial charge in [-0.15, -0.1) is 0 Å². The van der Waals surface area contributed by atoms with Gasteiger partial charge in [-0.1, -0.05) is 29.8 Å².